The number of phenols is 1. The first-order valence-electron chi connectivity index (χ1n) is 9.45. The number of fused-ring (bicyclic) bond motifs is 1. The normalized spacial score (nSPS) is 22.9. The van der Waals surface area contributed by atoms with Gasteiger partial charge in [-0.05, 0) is 63.9 Å². The summed E-state index contributed by atoms with van der Waals surface area (Å²) in [7, 11) is 0. The fourth-order valence-electron chi connectivity index (χ4n) is 4.25. The molecule has 0 aliphatic carbocycles. The van der Waals surface area contributed by atoms with Crippen molar-refractivity contribution in [2.75, 3.05) is 18.4 Å². The number of halogens is 3. The lowest BCUT2D eigenvalue weighted by atomic mass is 9.96. The van der Waals surface area contributed by atoms with E-state index in [1.807, 2.05) is 0 Å². The van der Waals surface area contributed by atoms with E-state index in [2.05, 4.69) is 25.4 Å². The summed E-state index contributed by atoms with van der Waals surface area (Å²) in [4.78, 5) is 6.93. The highest BCUT2D eigenvalue weighted by molar-refractivity contribution is 5.69. The number of hydrogen-bond acceptors (Lipinski definition) is 6. The number of hydrogen-bond donors (Lipinski definition) is 2. The van der Waals surface area contributed by atoms with Gasteiger partial charge in [-0.3, -0.25) is 4.90 Å². The molecular weight excluding hydrogens is 371 g/mol. The van der Waals surface area contributed by atoms with Crippen LogP contribution in [0.15, 0.2) is 18.2 Å². The van der Waals surface area contributed by atoms with Crippen LogP contribution >= 0.6 is 0 Å². The number of alkyl halides is 3. The summed E-state index contributed by atoms with van der Waals surface area (Å²) in [6, 6.07) is 3.55. The third-order valence-electron chi connectivity index (χ3n) is 5.59. The van der Waals surface area contributed by atoms with Crippen LogP contribution in [-0.2, 0) is 6.18 Å². The Labute approximate surface area is 160 Å². The van der Waals surface area contributed by atoms with Gasteiger partial charge in [-0.15, -0.1) is 10.2 Å². The lowest BCUT2D eigenvalue weighted by Gasteiger charge is -2.36. The van der Waals surface area contributed by atoms with E-state index in [9.17, 15) is 18.3 Å². The molecule has 28 heavy (non-hydrogen) atoms. The molecule has 0 bridgehead atoms. The molecule has 4 rings (SSSR count). The monoisotopic (exact) mass is 393 g/mol. The van der Waals surface area contributed by atoms with Gasteiger partial charge >= 0.3 is 6.18 Å². The molecule has 3 heterocycles. The molecule has 2 unspecified atom stereocenters. The number of aryl methyl sites for hydroxylation is 1. The molecule has 2 fully saturated rings. The first-order chi connectivity index (χ1) is 13.3. The van der Waals surface area contributed by atoms with Crippen molar-refractivity contribution in [3.63, 3.8) is 0 Å². The van der Waals surface area contributed by atoms with Crippen LogP contribution in [0.2, 0.25) is 0 Å². The predicted octanol–water partition coefficient (Wildman–Crippen LogP) is 3.61. The van der Waals surface area contributed by atoms with Gasteiger partial charge in [0, 0.05) is 17.6 Å². The molecule has 0 radical (unpaired) electrons. The van der Waals surface area contributed by atoms with E-state index in [4.69, 9.17) is 0 Å². The Bertz CT molecular complexity index is 873. The number of nitrogens with zero attached hydrogens (tertiary/aromatic N) is 4. The summed E-state index contributed by atoms with van der Waals surface area (Å²) in [5.74, 6) is -0.0880. The second kappa shape index (κ2) is 7.20. The Morgan fingerprint density at radius 2 is 1.89 bits per heavy atom. The van der Waals surface area contributed by atoms with E-state index in [0.29, 0.717) is 23.8 Å². The number of rotatable bonds is 3. The maximum Gasteiger partial charge on any atom is 0.416 e. The van der Waals surface area contributed by atoms with Crippen LogP contribution in [0, 0.1) is 6.92 Å². The number of benzene rings is 1. The van der Waals surface area contributed by atoms with E-state index in [1.54, 1.807) is 6.92 Å². The maximum absolute atomic E-state index is 12.8. The minimum atomic E-state index is -4.52. The van der Waals surface area contributed by atoms with E-state index in [0.717, 1.165) is 38.4 Å². The molecule has 1 aromatic heterocycles. The van der Waals surface area contributed by atoms with Crippen molar-refractivity contribution in [2.45, 2.75) is 50.9 Å². The maximum atomic E-state index is 12.8. The number of aromatic hydroxyl groups is 1. The summed E-state index contributed by atoms with van der Waals surface area (Å²) < 4.78 is 38.4. The van der Waals surface area contributed by atoms with Gasteiger partial charge in [0.1, 0.15) is 11.4 Å². The van der Waals surface area contributed by atoms with Gasteiger partial charge in [0.25, 0.3) is 0 Å². The third kappa shape index (κ3) is 3.63. The van der Waals surface area contributed by atoms with Crippen LogP contribution < -0.4 is 5.32 Å². The van der Waals surface area contributed by atoms with Gasteiger partial charge in [0.05, 0.1) is 11.3 Å². The van der Waals surface area contributed by atoms with Crippen molar-refractivity contribution in [2.24, 2.45) is 0 Å². The molecule has 0 amide bonds. The van der Waals surface area contributed by atoms with Crippen LogP contribution in [0.1, 0.15) is 36.9 Å². The Morgan fingerprint density at radius 1 is 1.14 bits per heavy atom. The quantitative estimate of drug-likeness (QED) is 0.830. The third-order valence-corrected chi connectivity index (χ3v) is 5.59. The van der Waals surface area contributed by atoms with Crippen molar-refractivity contribution in [1.82, 2.24) is 20.1 Å². The second-order valence-corrected chi connectivity index (χ2v) is 7.44. The Morgan fingerprint density at radius 3 is 2.57 bits per heavy atom. The number of aromatic nitrogens is 3. The molecule has 2 aliphatic rings. The summed E-state index contributed by atoms with van der Waals surface area (Å²) >= 11 is 0. The first-order valence-corrected chi connectivity index (χ1v) is 9.45. The second-order valence-electron chi connectivity index (χ2n) is 7.44. The standard InChI is InChI=1S/C19H22F3N5O/c1-11-17(13-7-6-12(10-16(13)28)19(20,21)22)25-26-18(23-11)24-14-4-2-8-27-9-3-5-15(14)27/h6-7,10,14-15,28H,2-5,8-9H2,1H3,(H,23,24,26). The molecular formula is C19H22F3N5O. The molecule has 2 saturated heterocycles. The number of phenolic OH excluding ortho intramolecular Hbond substituents is 1. The van der Waals surface area contributed by atoms with E-state index < -0.39 is 17.5 Å². The SMILES string of the molecule is Cc1nc(NC2CCCN3CCCC23)nnc1-c1ccc(C(F)(F)F)cc1O. The zero-order valence-corrected chi connectivity index (χ0v) is 15.5. The van der Waals surface area contributed by atoms with Crippen LogP contribution in [0.5, 0.6) is 5.75 Å². The molecule has 2 N–H and O–H groups in total. The summed E-state index contributed by atoms with van der Waals surface area (Å²) in [5.41, 5.74) is 0.0234. The Kier molecular flexibility index (Phi) is 4.86. The fourth-order valence-corrected chi connectivity index (χ4v) is 4.25. The van der Waals surface area contributed by atoms with Crippen molar-refractivity contribution < 1.29 is 18.3 Å². The molecule has 1 aromatic carbocycles. The fraction of sp³-hybridized carbons (Fsp3) is 0.526. The minimum absolute atomic E-state index is 0.177. The molecule has 2 aromatic rings. The molecule has 6 nitrogen and oxygen atoms in total. The number of nitrogens with one attached hydrogen (secondary N) is 1. The smallest absolute Gasteiger partial charge is 0.416 e. The molecule has 0 spiro atoms. The van der Waals surface area contributed by atoms with Crippen molar-refractivity contribution in [3.05, 3.63) is 29.5 Å². The molecule has 2 aliphatic heterocycles. The lowest BCUT2D eigenvalue weighted by Crippen LogP contribution is -2.47. The van der Waals surface area contributed by atoms with Crippen LogP contribution in [0.25, 0.3) is 11.3 Å². The van der Waals surface area contributed by atoms with Crippen molar-refractivity contribution in [3.8, 4) is 17.0 Å². The number of piperidine rings is 1. The van der Waals surface area contributed by atoms with Crippen molar-refractivity contribution >= 4 is 5.95 Å². The van der Waals surface area contributed by atoms with E-state index in [1.165, 1.54) is 12.5 Å². The van der Waals surface area contributed by atoms with Crippen LogP contribution in [-0.4, -0.2) is 50.4 Å². The van der Waals surface area contributed by atoms with Gasteiger partial charge in [0.2, 0.25) is 5.95 Å². The first kappa shape index (κ1) is 18.9. The van der Waals surface area contributed by atoms with Gasteiger partial charge in [-0.2, -0.15) is 13.2 Å². The molecule has 9 heteroatoms. The largest absolute Gasteiger partial charge is 0.507 e. The summed E-state index contributed by atoms with van der Waals surface area (Å²) in [6.45, 7) is 3.97. The van der Waals surface area contributed by atoms with Gasteiger partial charge in [0.15, 0.2) is 0 Å². The van der Waals surface area contributed by atoms with Gasteiger partial charge in [-0.1, -0.05) is 0 Å². The summed E-state index contributed by atoms with van der Waals surface area (Å²) in [6.07, 6.45) is 0.00862. The highest BCUT2D eigenvalue weighted by atomic mass is 19.4. The molecule has 150 valence electrons. The summed E-state index contributed by atoms with van der Waals surface area (Å²) in [5, 5.41) is 21.7. The van der Waals surface area contributed by atoms with Gasteiger partial charge < -0.3 is 10.4 Å². The van der Waals surface area contributed by atoms with E-state index >= 15 is 0 Å². The topological polar surface area (TPSA) is 74.2 Å². The van der Waals surface area contributed by atoms with E-state index in [-0.39, 0.29) is 17.3 Å². The average Bonchev–Trinajstić information content (AvgIpc) is 3.11. The predicted molar refractivity (Wildman–Crippen MR) is 97.9 cm³/mol. The zero-order chi connectivity index (χ0) is 19.9. The highest BCUT2D eigenvalue weighted by Crippen LogP contribution is 2.36. The van der Waals surface area contributed by atoms with Crippen LogP contribution in [0.3, 0.4) is 0 Å². The minimum Gasteiger partial charge on any atom is -0.507 e. The van der Waals surface area contributed by atoms with Crippen LogP contribution in [0.4, 0.5) is 19.1 Å². The highest BCUT2D eigenvalue weighted by Gasteiger charge is 2.35. The van der Waals surface area contributed by atoms with Gasteiger partial charge in [-0.25, -0.2) is 4.98 Å². The van der Waals surface area contributed by atoms with Crippen molar-refractivity contribution in [1.29, 1.82) is 0 Å². The molecule has 2 atom stereocenters. The lowest BCUT2D eigenvalue weighted by molar-refractivity contribution is -0.137. The number of anilines is 1. The Balaban J connectivity index is 1.55. The molecule has 0 saturated carbocycles. The average molecular weight is 393 g/mol. The Hall–Kier alpha value is -2.42. The zero-order valence-electron chi connectivity index (χ0n) is 15.5.